The minimum Gasteiger partial charge on any atom is -0.321 e. The maximum atomic E-state index is 2.42. The van der Waals surface area contributed by atoms with Crippen molar-refractivity contribution >= 4 is 34.6 Å². The first kappa shape index (κ1) is 23.2. The van der Waals surface area contributed by atoms with E-state index in [0.717, 1.165) is 11.8 Å². The minimum atomic E-state index is -0.493. The van der Waals surface area contributed by atoms with E-state index in [9.17, 15) is 0 Å². The van der Waals surface area contributed by atoms with Gasteiger partial charge in [-0.25, -0.2) is 0 Å². The predicted molar refractivity (Wildman–Crippen MR) is 137 cm³/mol. The first-order valence-electron chi connectivity index (χ1n) is 11.1. The molecular formula is C30H27PZr. The molecule has 6 rings (SSSR count). The monoisotopic (exact) mass is 508 g/mol. The summed E-state index contributed by atoms with van der Waals surface area (Å²) in [5.74, 6) is 1.62. The fraction of sp³-hybridized carbons (Fsp3) is 0.133. The summed E-state index contributed by atoms with van der Waals surface area (Å²) < 4.78 is 0. The molecule has 0 bridgehead atoms. The molecule has 2 unspecified atom stereocenters. The summed E-state index contributed by atoms with van der Waals surface area (Å²) in [5.41, 5.74) is 0. The van der Waals surface area contributed by atoms with Crippen LogP contribution in [0.2, 0.25) is 0 Å². The van der Waals surface area contributed by atoms with Gasteiger partial charge in [0.05, 0.1) is 0 Å². The summed E-state index contributed by atoms with van der Waals surface area (Å²) >= 11 is 0. The van der Waals surface area contributed by atoms with Crippen molar-refractivity contribution in [3.8, 4) is 0 Å². The Bertz CT molecular complexity index is 1080. The summed E-state index contributed by atoms with van der Waals surface area (Å²) in [6.45, 7) is 0. The van der Waals surface area contributed by atoms with Gasteiger partial charge in [0.15, 0.2) is 0 Å². The standard InChI is InChI=1S/C21H16P.C9H11.Zr/c1-3-11-19(12-4-1)22(20-13-5-2-6-14-20)21-15-17-9-7-8-10-18(17)16-21;1-2-5-9-7-3-6-8(9)4-1;/h1-16H;1-2,4-6,8-9H,3,7H2;/q2*-1;+2. The summed E-state index contributed by atoms with van der Waals surface area (Å²) in [4.78, 5) is 0. The van der Waals surface area contributed by atoms with Gasteiger partial charge in [0, 0.05) is 0 Å². The van der Waals surface area contributed by atoms with Gasteiger partial charge in [-0.2, -0.15) is 12.5 Å². The van der Waals surface area contributed by atoms with Gasteiger partial charge in [-0.05, 0) is 24.4 Å². The van der Waals surface area contributed by atoms with E-state index in [1.54, 1.807) is 0 Å². The van der Waals surface area contributed by atoms with Gasteiger partial charge in [0.1, 0.15) is 0 Å². The SMILES string of the molecule is C1=CC2[CH-]CCC2C=C1.[Zr+2].c1ccc(P(c2ccccc2)c2cc3ccccc3[cH-]2)cc1. The van der Waals surface area contributed by atoms with E-state index in [4.69, 9.17) is 0 Å². The van der Waals surface area contributed by atoms with Crippen LogP contribution in [0.4, 0.5) is 0 Å². The average molecular weight is 510 g/mol. The second-order valence-electron chi connectivity index (χ2n) is 8.17. The van der Waals surface area contributed by atoms with Gasteiger partial charge >= 0.3 is 26.2 Å². The third-order valence-electron chi connectivity index (χ3n) is 6.13. The number of benzene rings is 3. The van der Waals surface area contributed by atoms with E-state index in [-0.39, 0.29) is 26.2 Å². The molecule has 1 fully saturated rings. The van der Waals surface area contributed by atoms with E-state index < -0.39 is 7.92 Å². The van der Waals surface area contributed by atoms with Crippen molar-refractivity contribution in [3.05, 3.63) is 128 Å². The van der Waals surface area contributed by atoms with E-state index in [1.807, 2.05) is 0 Å². The number of fused-ring (bicyclic) bond motifs is 2. The Morgan fingerprint density at radius 3 is 2.00 bits per heavy atom. The molecule has 0 spiro atoms. The van der Waals surface area contributed by atoms with Crippen molar-refractivity contribution < 1.29 is 26.2 Å². The van der Waals surface area contributed by atoms with Crippen LogP contribution in [0.15, 0.2) is 121 Å². The molecule has 2 aliphatic carbocycles. The number of hydrogen-bond acceptors (Lipinski definition) is 0. The van der Waals surface area contributed by atoms with E-state index in [0.29, 0.717) is 0 Å². The van der Waals surface area contributed by atoms with E-state index in [1.165, 1.54) is 39.5 Å². The summed E-state index contributed by atoms with van der Waals surface area (Å²) in [7, 11) is -0.493. The largest absolute Gasteiger partial charge is 2.00 e. The Morgan fingerprint density at radius 2 is 1.34 bits per heavy atom. The molecule has 156 valence electrons. The predicted octanol–water partition coefficient (Wildman–Crippen LogP) is 6.66. The zero-order valence-corrected chi connectivity index (χ0v) is 21.5. The smallest absolute Gasteiger partial charge is 0.321 e. The zero-order chi connectivity index (χ0) is 20.9. The van der Waals surface area contributed by atoms with Crippen molar-refractivity contribution in [3.63, 3.8) is 0 Å². The summed E-state index contributed by atoms with van der Waals surface area (Å²) in [6, 6.07) is 35.0. The van der Waals surface area contributed by atoms with Gasteiger partial charge in [-0.1, -0.05) is 91.4 Å². The maximum absolute atomic E-state index is 2.42. The van der Waals surface area contributed by atoms with Crippen LogP contribution >= 0.6 is 7.92 Å². The van der Waals surface area contributed by atoms with Gasteiger partial charge in [0.2, 0.25) is 0 Å². The van der Waals surface area contributed by atoms with Crippen LogP contribution in [0.25, 0.3) is 10.8 Å². The molecule has 0 heterocycles. The molecule has 1 saturated carbocycles. The first-order valence-corrected chi connectivity index (χ1v) is 12.5. The molecule has 0 radical (unpaired) electrons. The molecule has 32 heavy (non-hydrogen) atoms. The van der Waals surface area contributed by atoms with Gasteiger partial charge < -0.3 is 6.42 Å². The van der Waals surface area contributed by atoms with Crippen LogP contribution in [-0.4, -0.2) is 0 Å². The van der Waals surface area contributed by atoms with Crippen LogP contribution in [0.5, 0.6) is 0 Å². The van der Waals surface area contributed by atoms with Gasteiger partial charge in [-0.15, -0.1) is 52.3 Å². The Balaban J connectivity index is 0.000000205. The second-order valence-corrected chi connectivity index (χ2v) is 10.4. The van der Waals surface area contributed by atoms with Gasteiger partial charge in [0.25, 0.3) is 0 Å². The molecule has 0 saturated heterocycles. The number of rotatable bonds is 3. The molecule has 0 amide bonds. The Kier molecular flexibility index (Phi) is 8.18. The molecule has 2 heteroatoms. The third kappa shape index (κ3) is 5.34. The maximum Gasteiger partial charge on any atom is 2.00 e. The molecule has 2 atom stereocenters. The second kappa shape index (κ2) is 11.3. The minimum absolute atomic E-state index is 0. The molecule has 0 nitrogen and oxygen atoms in total. The summed E-state index contributed by atoms with van der Waals surface area (Å²) in [6.07, 6.45) is 14.1. The Morgan fingerprint density at radius 1 is 0.719 bits per heavy atom. The van der Waals surface area contributed by atoms with Crippen molar-refractivity contribution in [2.75, 3.05) is 0 Å². The molecule has 0 N–H and O–H groups in total. The third-order valence-corrected chi connectivity index (χ3v) is 8.53. The molecule has 4 aromatic rings. The fourth-order valence-corrected chi connectivity index (χ4v) is 6.93. The topological polar surface area (TPSA) is 0 Å². The van der Waals surface area contributed by atoms with E-state index >= 15 is 0 Å². The summed E-state index contributed by atoms with van der Waals surface area (Å²) in [5, 5.41) is 6.89. The quantitative estimate of drug-likeness (QED) is 0.214. The van der Waals surface area contributed by atoms with Crippen molar-refractivity contribution in [1.29, 1.82) is 0 Å². The van der Waals surface area contributed by atoms with Crippen molar-refractivity contribution in [2.45, 2.75) is 12.8 Å². The normalized spacial score (nSPS) is 18.7. The van der Waals surface area contributed by atoms with Crippen molar-refractivity contribution in [1.82, 2.24) is 0 Å². The zero-order valence-electron chi connectivity index (χ0n) is 18.1. The average Bonchev–Trinajstić information content (AvgIpc) is 3.48. The van der Waals surface area contributed by atoms with Crippen LogP contribution in [0.1, 0.15) is 12.8 Å². The number of hydrogen-bond donors (Lipinski definition) is 0. The first-order chi connectivity index (χ1) is 15.4. The molecule has 0 aliphatic heterocycles. The number of allylic oxidation sites excluding steroid dienone is 4. The van der Waals surface area contributed by atoms with Crippen LogP contribution in [0, 0.1) is 18.3 Å². The Hall–Kier alpha value is -1.94. The van der Waals surface area contributed by atoms with Crippen LogP contribution in [0.3, 0.4) is 0 Å². The molecule has 0 aromatic heterocycles. The fourth-order valence-electron chi connectivity index (χ4n) is 4.56. The Labute approximate surface area is 212 Å². The molecule has 2 aliphatic rings. The van der Waals surface area contributed by atoms with Gasteiger partial charge in [-0.3, -0.25) is 0 Å². The van der Waals surface area contributed by atoms with Crippen molar-refractivity contribution in [2.24, 2.45) is 11.8 Å². The van der Waals surface area contributed by atoms with Crippen LogP contribution in [-0.2, 0) is 26.2 Å². The molecular weight excluding hydrogens is 483 g/mol. The van der Waals surface area contributed by atoms with Crippen LogP contribution < -0.4 is 15.9 Å². The van der Waals surface area contributed by atoms with E-state index in [2.05, 4.69) is 128 Å². The molecule has 4 aromatic carbocycles.